The summed E-state index contributed by atoms with van der Waals surface area (Å²) in [5, 5.41) is 13.5. The SMILES string of the molecule is O=[N+]([O-])c1ccc2c(c1)[C@@H]([NH+]1CCOCC1)/C(=C/COc1ccc3ccccc3c1Br)O2. The number of nitro groups is 1. The Hall–Kier alpha value is -2.94. The van der Waals surface area contributed by atoms with E-state index >= 15 is 0 Å². The molecule has 1 fully saturated rings. The number of non-ortho nitro benzene ring substituents is 1. The normalized spacial score (nSPS) is 19.7. The van der Waals surface area contributed by atoms with Crippen molar-refractivity contribution in [1.82, 2.24) is 0 Å². The second kappa shape index (κ2) is 8.90. The molecule has 2 aliphatic rings. The van der Waals surface area contributed by atoms with Crippen LogP contribution < -0.4 is 14.4 Å². The van der Waals surface area contributed by atoms with Crippen LogP contribution in [0.25, 0.3) is 10.8 Å². The molecule has 2 heterocycles. The molecule has 1 saturated heterocycles. The lowest BCUT2D eigenvalue weighted by atomic mass is 10.0. The van der Waals surface area contributed by atoms with E-state index in [1.807, 2.05) is 36.4 Å². The molecular formula is C24H22BrN2O5+. The summed E-state index contributed by atoms with van der Waals surface area (Å²) in [7, 11) is 0. The fraction of sp³-hybridized carbons (Fsp3) is 0.250. The minimum absolute atomic E-state index is 0.0719. The summed E-state index contributed by atoms with van der Waals surface area (Å²) in [5.74, 6) is 2.18. The highest BCUT2D eigenvalue weighted by atomic mass is 79.9. The van der Waals surface area contributed by atoms with Crippen LogP contribution in [0.2, 0.25) is 0 Å². The van der Waals surface area contributed by atoms with Crippen molar-refractivity contribution in [2.75, 3.05) is 32.9 Å². The third kappa shape index (κ3) is 3.97. The highest BCUT2D eigenvalue weighted by Gasteiger charge is 2.39. The average Bonchev–Trinajstić information content (AvgIpc) is 3.18. The van der Waals surface area contributed by atoms with Gasteiger partial charge in [0.25, 0.3) is 5.69 Å². The van der Waals surface area contributed by atoms with Gasteiger partial charge in [0.05, 0.1) is 28.2 Å². The van der Waals surface area contributed by atoms with Crippen LogP contribution in [-0.2, 0) is 4.74 Å². The van der Waals surface area contributed by atoms with Crippen LogP contribution in [0.3, 0.4) is 0 Å². The highest BCUT2D eigenvalue weighted by molar-refractivity contribution is 9.10. The molecule has 0 aromatic heterocycles. The summed E-state index contributed by atoms with van der Waals surface area (Å²) in [5.41, 5.74) is 0.914. The molecule has 0 unspecified atom stereocenters. The Kier molecular flexibility index (Phi) is 5.82. The van der Waals surface area contributed by atoms with Crippen molar-refractivity contribution in [3.05, 3.63) is 86.6 Å². The number of hydrogen-bond donors (Lipinski definition) is 1. The maximum atomic E-state index is 11.3. The van der Waals surface area contributed by atoms with Gasteiger partial charge in [0.1, 0.15) is 31.2 Å². The molecule has 1 N–H and O–H groups in total. The van der Waals surface area contributed by atoms with Gasteiger partial charge < -0.3 is 19.1 Å². The smallest absolute Gasteiger partial charge is 0.270 e. The molecule has 0 saturated carbocycles. The monoisotopic (exact) mass is 497 g/mol. The molecule has 7 nitrogen and oxygen atoms in total. The van der Waals surface area contributed by atoms with Crippen molar-refractivity contribution in [2.24, 2.45) is 0 Å². The van der Waals surface area contributed by atoms with Gasteiger partial charge in [0, 0.05) is 12.1 Å². The van der Waals surface area contributed by atoms with E-state index < -0.39 is 0 Å². The fourth-order valence-corrected chi connectivity index (χ4v) is 4.96. The highest BCUT2D eigenvalue weighted by Crippen LogP contribution is 2.40. The van der Waals surface area contributed by atoms with Gasteiger partial charge in [-0.15, -0.1) is 0 Å². The summed E-state index contributed by atoms with van der Waals surface area (Å²) < 4.78 is 18.6. The number of ether oxygens (including phenoxy) is 3. The number of nitrogens with one attached hydrogen (secondary N) is 1. The molecule has 164 valence electrons. The van der Waals surface area contributed by atoms with Gasteiger partial charge >= 0.3 is 0 Å². The number of quaternary nitrogens is 1. The van der Waals surface area contributed by atoms with Crippen LogP contribution in [0.4, 0.5) is 5.69 Å². The number of nitrogens with zero attached hydrogens (tertiary/aromatic N) is 1. The van der Waals surface area contributed by atoms with E-state index in [-0.39, 0.29) is 16.7 Å². The topological polar surface area (TPSA) is 75.3 Å². The van der Waals surface area contributed by atoms with Crippen LogP contribution >= 0.6 is 15.9 Å². The zero-order valence-corrected chi connectivity index (χ0v) is 18.8. The Balaban J connectivity index is 1.41. The number of fused-ring (bicyclic) bond motifs is 2. The van der Waals surface area contributed by atoms with Gasteiger partial charge in [-0.2, -0.15) is 0 Å². The van der Waals surface area contributed by atoms with E-state index in [4.69, 9.17) is 14.2 Å². The summed E-state index contributed by atoms with van der Waals surface area (Å²) in [4.78, 5) is 12.2. The van der Waals surface area contributed by atoms with E-state index in [0.717, 1.165) is 45.4 Å². The lowest BCUT2D eigenvalue weighted by Gasteiger charge is -2.29. The first-order valence-electron chi connectivity index (χ1n) is 10.5. The molecule has 0 aliphatic carbocycles. The number of hydrogen-bond acceptors (Lipinski definition) is 5. The first-order valence-corrected chi connectivity index (χ1v) is 11.3. The molecule has 1 atom stereocenters. The minimum atomic E-state index is -0.367. The molecule has 0 amide bonds. The molecule has 8 heteroatoms. The molecule has 3 aromatic rings. The van der Waals surface area contributed by atoms with E-state index in [2.05, 4.69) is 22.0 Å². The van der Waals surface area contributed by atoms with Crippen molar-refractivity contribution >= 4 is 32.4 Å². The Bertz CT molecular complexity index is 1210. The van der Waals surface area contributed by atoms with Gasteiger partial charge in [-0.25, -0.2) is 0 Å². The molecule has 5 rings (SSSR count). The largest absolute Gasteiger partial charge is 0.488 e. The van der Waals surface area contributed by atoms with Crippen molar-refractivity contribution < 1.29 is 24.0 Å². The van der Waals surface area contributed by atoms with Crippen LogP contribution in [-0.4, -0.2) is 37.8 Å². The molecular weight excluding hydrogens is 476 g/mol. The molecule has 32 heavy (non-hydrogen) atoms. The van der Waals surface area contributed by atoms with Crippen molar-refractivity contribution in [3.63, 3.8) is 0 Å². The first-order chi connectivity index (χ1) is 15.6. The molecule has 2 aliphatic heterocycles. The van der Waals surface area contributed by atoms with Crippen molar-refractivity contribution in [3.8, 4) is 11.5 Å². The molecule has 0 bridgehead atoms. The van der Waals surface area contributed by atoms with Gasteiger partial charge in [-0.1, -0.05) is 30.3 Å². The number of rotatable bonds is 5. The van der Waals surface area contributed by atoms with Gasteiger partial charge in [0.2, 0.25) is 0 Å². The van der Waals surface area contributed by atoms with Crippen LogP contribution in [0, 0.1) is 10.1 Å². The third-order valence-corrected chi connectivity index (χ3v) is 6.74. The lowest BCUT2D eigenvalue weighted by Crippen LogP contribution is -3.14. The van der Waals surface area contributed by atoms with Gasteiger partial charge in [0.15, 0.2) is 11.8 Å². The van der Waals surface area contributed by atoms with E-state index in [0.29, 0.717) is 25.6 Å². The summed E-state index contributed by atoms with van der Waals surface area (Å²) in [6, 6.07) is 16.8. The summed E-state index contributed by atoms with van der Waals surface area (Å²) in [6.45, 7) is 3.26. The van der Waals surface area contributed by atoms with Crippen LogP contribution in [0.5, 0.6) is 11.5 Å². The number of benzene rings is 3. The van der Waals surface area contributed by atoms with Crippen LogP contribution in [0.1, 0.15) is 11.6 Å². The Morgan fingerprint density at radius 2 is 1.97 bits per heavy atom. The Morgan fingerprint density at radius 3 is 2.78 bits per heavy atom. The molecule has 0 spiro atoms. The number of halogens is 1. The Morgan fingerprint density at radius 1 is 1.16 bits per heavy atom. The van der Waals surface area contributed by atoms with Gasteiger partial charge in [-0.05, 0) is 44.9 Å². The zero-order chi connectivity index (χ0) is 22.1. The maximum absolute atomic E-state index is 11.3. The second-order valence-corrected chi connectivity index (χ2v) is 8.59. The standard InChI is InChI=1S/C24H21BrN2O5/c25-23-18-4-2-1-3-16(18)5-7-21(23)31-12-9-22-24(26-10-13-30-14-11-26)19-15-17(27(28)29)6-8-20(19)32-22/h1-9,15,24H,10-14H2/p+1/b22-9-/t24-/m1/s1. The predicted octanol–water partition coefficient (Wildman–Crippen LogP) is 3.82. The number of morpholine rings is 1. The fourth-order valence-electron chi connectivity index (χ4n) is 4.35. The van der Waals surface area contributed by atoms with E-state index in [9.17, 15) is 10.1 Å². The van der Waals surface area contributed by atoms with Crippen molar-refractivity contribution in [1.29, 1.82) is 0 Å². The Labute approximate surface area is 193 Å². The first kappa shape index (κ1) is 20.9. The molecule has 0 radical (unpaired) electrons. The van der Waals surface area contributed by atoms with E-state index in [1.165, 1.54) is 11.0 Å². The second-order valence-electron chi connectivity index (χ2n) is 7.80. The average molecular weight is 498 g/mol. The predicted molar refractivity (Wildman–Crippen MR) is 123 cm³/mol. The van der Waals surface area contributed by atoms with Crippen molar-refractivity contribution in [2.45, 2.75) is 6.04 Å². The third-order valence-electron chi connectivity index (χ3n) is 5.92. The van der Waals surface area contributed by atoms with Gasteiger partial charge in [-0.3, -0.25) is 10.1 Å². The quantitative estimate of drug-likeness (QED) is 0.428. The maximum Gasteiger partial charge on any atom is 0.270 e. The van der Waals surface area contributed by atoms with Crippen LogP contribution in [0.15, 0.2) is 70.9 Å². The summed E-state index contributed by atoms with van der Waals surface area (Å²) >= 11 is 3.66. The number of nitro benzene ring substituents is 1. The molecule has 3 aromatic carbocycles. The zero-order valence-electron chi connectivity index (χ0n) is 17.3. The summed E-state index contributed by atoms with van der Waals surface area (Å²) in [6.07, 6.45) is 1.93. The van der Waals surface area contributed by atoms with E-state index in [1.54, 1.807) is 12.1 Å². The lowest BCUT2D eigenvalue weighted by molar-refractivity contribution is -0.933. The minimum Gasteiger partial charge on any atom is -0.488 e.